The van der Waals surface area contributed by atoms with Crippen LogP contribution in [0.5, 0.6) is 11.5 Å². The summed E-state index contributed by atoms with van der Waals surface area (Å²) in [6, 6.07) is 15.0. The van der Waals surface area contributed by atoms with Crippen LogP contribution in [0.15, 0.2) is 54.1 Å². The number of fused-ring (bicyclic) bond motifs is 1. The number of aryl methyl sites for hydroxylation is 2. The third-order valence-corrected chi connectivity index (χ3v) is 5.72. The van der Waals surface area contributed by atoms with Crippen LogP contribution in [0.25, 0.3) is 16.8 Å². The number of hydrogen-bond donors (Lipinski definition) is 1. The van der Waals surface area contributed by atoms with Gasteiger partial charge in [0.05, 0.1) is 19.9 Å². The zero-order chi connectivity index (χ0) is 23.0. The summed E-state index contributed by atoms with van der Waals surface area (Å²) in [4.78, 5) is 27.7. The van der Waals surface area contributed by atoms with Crippen LogP contribution in [0.4, 0.5) is 5.69 Å². The molecule has 0 spiro atoms. The summed E-state index contributed by atoms with van der Waals surface area (Å²) in [6.45, 7) is 3.87. The molecule has 0 saturated carbocycles. The van der Waals surface area contributed by atoms with Crippen LogP contribution < -0.4 is 19.7 Å². The van der Waals surface area contributed by atoms with Crippen LogP contribution in [-0.4, -0.2) is 31.1 Å². The number of methoxy groups -OCH3 is 2. The van der Waals surface area contributed by atoms with E-state index in [2.05, 4.69) is 5.32 Å². The van der Waals surface area contributed by atoms with E-state index in [-0.39, 0.29) is 10.7 Å². The van der Waals surface area contributed by atoms with Crippen LogP contribution in [-0.2, 0) is 9.59 Å². The van der Waals surface area contributed by atoms with Crippen molar-refractivity contribution in [3.63, 3.8) is 0 Å². The van der Waals surface area contributed by atoms with Crippen LogP contribution in [0, 0.1) is 13.8 Å². The largest absolute Gasteiger partial charge is 0.497 e. The number of benzene rings is 3. The number of hydrogen-bond acceptors (Lipinski definition) is 5. The zero-order valence-corrected chi connectivity index (χ0v) is 19.0. The number of nitrogens with zero attached hydrogens (tertiary/aromatic N) is 1. The maximum atomic E-state index is 13.5. The molecule has 1 aliphatic rings. The Kier molecular flexibility index (Phi) is 5.67. The van der Waals surface area contributed by atoms with Gasteiger partial charge in [-0.2, -0.15) is 0 Å². The summed E-state index contributed by atoms with van der Waals surface area (Å²) in [6.07, 6.45) is 1.55. The van der Waals surface area contributed by atoms with Crippen molar-refractivity contribution in [1.82, 2.24) is 5.32 Å². The molecule has 1 fully saturated rings. The van der Waals surface area contributed by atoms with Gasteiger partial charge in [-0.05, 0) is 72.7 Å². The molecule has 0 aromatic heterocycles. The number of amides is 2. The van der Waals surface area contributed by atoms with Crippen molar-refractivity contribution in [2.24, 2.45) is 0 Å². The van der Waals surface area contributed by atoms with Gasteiger partial charge in [0.2, 0.25) is 0 Å². The number of ether oxygens (including phenoxy) is 2. The van der Waals surface area contributed by atoms with Crippen LogP contribution >= 0.6 is 12.2 Å². The first-order chi connectivity index (χ1) is 15.3. The second-order valence-electron chi connectivity index (χ2n) is 7.52. The molecule has 3 aromatic rings. The highest BCUT2D eigenvalue weighted by atomic mass is 32.1. The molecule has 0 bridgehead atoms. The number of thiocarbonyl (C=S) groups is 1. The Hall–Kier alpha value is -3.71. The van der Waals surface area contributed by atoms with E-state index in [4.69, 9.17) is 21.7 Å². The monoisotopic (exact) mass is 446 g/mol. The number of rotatable bonds is 4. The van der Waals surface area contributed by atoms with Gasteiger partial charge in [0.15, 0.2) is 5.11 Å². The van der Waals surface area contributed by atoms with Crippen LogP contribution in [0.2, 0.25) is 0 Å². The van der Waals surface area contributed by atoms with Crippen molar-refractivity contribution in [2.45, 2.75) is 13.8 Å². The van der Waals surface area contributed by atoms with Gasteiger partial charge in [-0.1, -0.05) is 29.8 Å². The minimum Gasteiger partial charge on any atom is -0.497 e. The lowest BCUT2D eigenvalue weighted by Gasteiger charge is -2.30. The Morgan fingerprint density at radius 3 is 2.41 bits per heavy atom. The lowest BCUT2D eigenvalue weighted by Crippen LogP contribution is -2.54. The predicted octanol–water partition coefficient (Wildman–Crippen LogP) is 4.31. The number of carbonyl (C=O) groups excluding carboxylic acids is 2. The molecule has 1 heterocycles. The Bertz CT molecular complexity index is 1310. The predicted molar refractivity (Wildman–Crippen MR) is 129 cm³/mol. The molecule has 4 rings (SSSR count). The Labute approximate surface area is 191 Å². The molecule has 1 aliphatic heterocycles. The highest BCUT2D eigenvalue weighted by Gasteiger charge is 2.35. The van der Waals surface area contributed by atoms with Gasteiger partial charge in [0, 0.05) is 5.56 Å². The van der Waals surface area contributed by atoms with E-state index < -0.39 is 11.8 Å². The molecule has 0 atom stereocenters. The molecule has 3 aromatic carbocycles. The third kappa shape index (κ3) is 3.71. The molecule has 1 N–H and O–H groups in total. The Morgan fingerprint density at radius 2 is 1.72 bits per heavy atom. The first-order valence-electron chi connectivity index (χ1n) is 9.97. The van der Waals surface area contributed by atoms with Crippen molar-refractivity contribution in [3.05, 3.63) is 70.8 Å². The molecular weight excluding hydrogens is 424 g/mol. The lowest BCUT2D eigenvalue weighted by molar-refractivity contribution is -0.122. The second kappa shape index (κ2) is 8.43. The molecule has 32 heavy (non-hydrogen) atoms. The van der Waals surface area contributed by atoms with Crippen molar-refractivity contribution in [2.75, 3.05) is 19.1 Å². The van der Waals surface area contributed by atoms with Crippen molar-refractivity contribution in [1.29, 1.82) is 0 Å². The van der Waals surface area contributed by atoms with Gasteiger partial charge in [-0.3, -0.25) is 19.8 Å². The molecule has 1 saturated heterocycles. The molecule has 0 unspecified atom stereocenters. The molecular formula is C25H22N2O4S. The zero-order valence-electron chi connectivity index (χ0n) is 18.2. The molecule has 162 valence electrons. The lowest BCUT2D eigenvalue weighted by atomic mass is 9.99. The highest BCUT2D eigenvalue weighted by molar-refractivity contribution is 7.80. The number of anilines is 1. The van der Waals surface area contributed by atoms with Crippen molar-refractivity contribution < 1.29 is 19.1 Å². The fourth-order valence-electron chi connectivity index (χ4n) is 3.83. The summed E-state index contributed by atoms with van der Waals surface area (Å²) >= 11 is 5.34. The topological polar surface area (TPSA) is 67.9 Å². The third-order valence-electron chi connectivity index (χ3n) is 5.43. The van der Waals surface area contributed by atoms with E-state index in [1.54, 1.807) is 26.4 Å². The molecule has 0 radical (unpaired) electrons. The SMILES string of the molecule is COc1ccc2ccc(OC)c(/C=C3\C(=O)NC(=S)N(c4ccc(C)cc4C)C3=O)c2c1. The number of nitrogens with one attached hydrogen (secondary N) is 1. The Morgan fingerprint density at radius 1 is 0.969 bits per heavy atom. The molecule has 2 amide bonds. The summed E-state index contributed by atoms with van der Waals surface area (Å²) in [5, 5.41) is 4.41. The van der Waals surface area contributed by atoms with Gasteiger partial charge in [-0.25, -0.2) is 0 Å². The maximum Gasteiger partial charge on any atom is 0.270 e. The van der Waals surface area contributed by atoms with Gasteiger partial charge in [0.25, 0.3) is 11.8 Å². The van der Waals surface area contributed by atoms with E-state index in [1.165, 1.54) is 4.90 Å². The highest BCUT2D eigenvalue weighted by Crippen LogP contribution is 2.34. The standard InChI is InChI=1S/C25H22N2O4S/c1-14-5-9-21(15(2)11-14)27-24(29)20(23(28)26-25(27)32)13-19-18-12-17(30-3)8-6-16(18)7-10-22(19)31-4/h5-13H,1-4H3,(H,26,28,32)/b20-13+. The average Bonchev–Trinajstić information content (AvgIpc) is 2.77. The number of carbonyl (C=O) groups is 2. The molecule has 7 heteroatoms. The first-order valence-corrected chi connectivity index (χ1v) is 10.4. The van der Waals surface area contributed by atoms with Crippen molar-refractivity contribution >= 4 is 51.7 Å². The van der Waals surface area contributed by atoms with Gasteiger partial charge < -0.3 is 9.47 Å². The fraction of sp³-hybridized carbons (Fsp3) is 0.160. The van der Waals surface area contributed by atoms with E-state index in [1.807, 2.05) is 56.3 Å². The van der Waals surface area contributed by atoms with Crippen molar-refractivity contribution in [3.8, 4) is 11.5 Å². The summed E-state index contributed by atoms with van der Waals surface area (Å²) in [7, 11) is 3.13. The quantitative estimate of drug-likeness (QED) is 0.368. The van der Waals surface area contributed by atoms with Crippen LogP contribution in [0.3, 0.4) is 0 Å². The fourth-order valence-corrected chi connectivity index (χ4v) is 4.11. The van der Waals surface area contributed by atoms with E-state index >= 15 is 0 Å². The molecule has 0 aliphatic carbocycles. The van der Waals surface area contributed by atoms with Crippen LogP contribution in [0.1, 0.15) is 16.7 Å². The normalized spacial score (nSPS) is 15.3. The van der Waals surface area contributed by atoms with E-state index in [9.17, 15) is 9.59 Å². The minimum atomic E-state index is -0.553. The Balaban J connectivity index is 1.89. The maximum absolute atomic E-state index is 13.5. The average molecular weight is 447 g/mol. The van der Waals surface area contributed by atoms with Gasteiger partial charge >= 0.3 is 0 Å². The molecule has 6 nitrogen and oxygen atoms in total. The second-order valence-corrected chi connectivity index (χ2v) is 7.90. The summed E-state index contributed by atoms with van der Waals surface area (Å²) in [5.41, 5.74) is 3.14. The summed E-state index contributed by atoms with van der Waals surface area (Å²) < 4.78 is 10.9. The first kappa shape index (κ1) is 21.5. The van der Waals surface area contributed by atoms with Gasteiger partial charge in [-0.15, -0.1) is 0 Å². The summed E-state index contributed by atoms with van der Waals surface area (Å²) in [5.74, 6) is 0.142. The van der Waals surface area contributed by atoms with E-state index in [0.717, 1.165) is 21.9 Å². The van der Waals surface area contributed by atoms with E-state index in [0.29, 0.717) is 22.7 Å². The smallest absolute Gasteiger partial charge is 0.270 e. The van der Waals surface area contributed by atoms with Gasteiger partial charge in [0.1, 0.15) is 17.1 Å². The minimum absolute atomic E-state index is 0.0350.